The van der Waals surface area contributed by atoms with Gasteiger partial charge < -0.3 is 5.32 Å². The summed E-state index contributed by atoms with van der Waals surface area (Å²) in [7, 11) is 0. The molecule has 0 spiro atoms. The average molecular weight is 497 g/mol. The second-order valence-corrected chi connectivity index (χ2v) is 8.54. The molecule has 0 atom stereocenters. The van der Waals surface area contributed by atoms with Gasteiger partial charge in [0, 0.05) is 22.5 Å². The van der Waals surface area contributed by atoms with E-state index in [1.165, 1.54) is 6.20 Å². The van der Waals surface area contributed by atoms with Gasteiger partial charge in [0.25, 0.3) is 5.91 Å². The van der Waals surface area contributed by atoms with Crippen molar-refractivity contribution in [2.75, 3.05) is 5.32 Å². The number of amides is 1. The first-order valence-electron chi connectivity index (χ1n) is 10.5. The highest BCUT2D eigenvalue weighted by Crippen LogP contribution is 2.25. The standard InChI is InChI=1S/C24H22Cl2N6O2/c1-15(2)21-10-11-32(30-21)22-20(26)13-27-24(29-22)28-18-9-8-17(19(25)12-18)14-34-31-23(33)16-6-4-3-5-7-16/h3-13,15H,14H2,1-2H3,(H,31,33)(H,27,28,29). The molecular weight excluding hydrogens is 475 g/mol. The van der Waals surface area contributed by atoms with Crippen molar-refractivity contribution in [1.29, 1.82) is 0 Å². The SMILES string of the molecule is CC(C)c1ccn(-c2nc(Nc3ccc(CONC(=O)c4ccccc4)c(Cl)c3)ncc2Cl)n1. The summed E-state index contributed by atoms with van der Waals surface area (Å²) >= 11 is 12.7. The van der Waals surface area contributed by atoms with Crippen molar-refractivity contribution < 1.29 is 9.63 Å². The smallest absolute Gasteiger partial charge is 0.274 e. The number of hydrogen-bond acceptors (Lipinski definition) is 6. The van der Waals surface area contributed by atoms with Gasteiger partial charge in [-0.25, -0.2) is 15.1 Å². The first-order chi connectivity index (χ1) is 16.4. The van der Waals surface area contributed by atoms with Gasteiger partial charge in [-0.2, -0.15) is 10.1 Å². The lowest BCUT2D eigenvalue weighted by molar-refractivity contribution is 0.0234. The van der Waals surface area contributed by atoms with Crippen molar-refractivity contribution in [3.05, 3.63) is 93.9 Å². The van der Waals surface area contributed by atoms with Gasteiger partial charge in [-0.05, 0) is 41.8 Å². The zero-order valence-electron chi connectivity index (χ0n) is 18.5. The number of benzene rings is 2. The Labute approximate surface area is 206 Å². The molecule has 0 bridgehead atoms. The molecule has 0 fully saturated rings. The normalized spacial score (nSPS) is 11.0. The number of nitrogens with zero attached hydrogens (tertiary/aromatic N) is 4. The van der Waals surface area contributed by atoms with Gasteiger partial charge in [0.2, 0.25) is 5.95 Å². The van der Waals surface area contributed by atoms with Gasteiger partial charge in [0.15, 0.2) is 5.82 Å². The fourth-order valence-corrected chi connectivity index (χ4v) is 3.45. The second kappa shape index (κ2) is 10.6. The Hall–Kier alpha value is -3.46. The Morgan fingerprint density at radius 1 is 1.09 bits per heavy atom. The highest BCUT2D eigenvalue weighted by atomic mass is 35.5. The predicted molar refractivity (Wildman–Crippen MR) is 132 cm³/mol. The van der Waals surface area contributed by atoms with Gasteiger partial charge >= 0.3 is 0 Å². The van der Waals surface area contributed by atoms with Gasteiger partial charge in [0.05, 0.1) is 11.9 Å². The van der Waals surface area contributed by atoms with Crippen LogP contribution in [0.2, 0.25) is 10.0 Å². The molecule has 174 valence electrons. The molecule has 0 saturated carbocycles. The number of anilines is 2. The summed E-state index contributed by atoms with van der Waals surface area (Å²) in [5.74, 6) is 0.770. The maximum atomic E-state index is 12.1. The highest BCUT2D eigenvalue weighted by molar-refractivity contribution is 6.32. The van der Waals surface area contributed by atoms with Gasteiger partial charge in [-0.15, -0.1) is 0 Å². The number of nitrogens with one attached hydrogen (secondary N) is 2. The molecule has 0 unspecified atom stereocenters. The van der Waals surface area contributed by atoms with Crippen LogP contribution in [-0.4, -0.2) is 25.7 Å². The number of hydrogen-bond donors (Lipinski definition) is 2. The van der Waals surface area contributed by atoms with E-state index in [9.17, 15) is 4.79 Å². The lowest BCUT2D eigenvalue weighted by Gasteiger charge is -2.11. The quantitative estimate of drug-likeness (QED) is 0.304. The lowest BCUT2D eigenvalue weighted by Crippen LogP contribution is -2.23. The zero-order chi connectivity index (χ0) is 24.1. The molecule has 0 aliphatic heterocycles. The Kier molecular flexibility index (Phi) is 7.42. The van der Waals surface area contributed by atoms with E-state index in [1.807, 2.05) is 24.4 Å². The second-order valence-electron chi connectivity index (χ2n) is 7.72. The van der Waals surface area contributed by atoms with Crippen molar-refractivity contribution in [3.8, 4) is 5.82 Å². The first-order valence-corrected chi connectivity index (χ1v) is 11.3. The molecule has 0 saturated heterocycles. The fourth-order valence-electron chi connectivity index (χ4n) is 3.04. The number of carbonyl (C=O) groups excluding carboxylic acids is 1. The van der Waals surface area contributed by atoms with Crippen LogP contribution in [0.3, 0.4) is 0 Å². The monoisotopic (exact) mass is 496 g/mol. The average Bonchev–Trinajstić information content (AvgIpc) is 3.33. The van der Waals surface area contributed by atoms with E-state index in [0.717, 1.165) is 5.69 Å². The van der Waals surface area contributed by atoms with E-state index >= 15 is 0 Å². The minimum Gasteiger partial charge on any atom is -0.324 e. The van der Waals surface area contributed by atoms with Gasteiger partial charge in [-0.1, -0.05) is 61.3 Å². The maximum absolute atomic E-state index is 12.1. The van der Waals surface area contributed by atoms with E-state index in [2.05, 4.69) is 39.7 Å². The predicted octanol–water partition coefficient (Wildman–Crippen LogP) is 5.70. The largest absolute Gasteiger partial charge is 0.324 e. The molecule has 1 amide bonds. The maximum Gasteiger partial charge on any atom is 0.274 e. The van der Waals surface area contributed by atoms with Gasteiger partial charge in [0.1, 0.15) is 11.6 Å². The third kappa shape index (κ3) is 5.72. The molecule has 10 heteroatoms. The summed E-state index contributed by atoms with van der Waals surface area (Å²) in [4.78, 5) is 26.1. The highest BCUT2D eigenvalue weighted by Gasteiger charge is 2.12. The number of carbonyl (C=O) groups is 1. The van der Waals surface area contributed by atoms with Gasteiger partial charge in [-0.3, -0.25) is 9.63 Å². The number of aromatic nitrogens is 4. The van der Waals surface area contributed by atoms with E-state index in [-0.39, 0.29) is 18.4 Å². The Morgan fingerprint density at radius 3 is 2.59 bits per heavy atom. The molecule has 2 aromatic carbocycles. The van der Waals surface area contributed by atoms with Crippen molar-refractivity contribution >= 4 is 40.7 Å². The van der Waals surface area contributed by atoms with Crippen molar-refractivity contribution in [3.63, 3.8) is 0 Å². The Bertz CT molecular complexity index is 1290. The van der Waals surface area contributed by atoms with Crippen LogP contribution in [0.5, 0.6) is 0 Å². The zero-order valence-corrected chi connectivity index (χ0v) is 20.0. The summed E-state index contributed by atoms with van der Waals surface area (Å²) in [6.07, 6.45) is 3.33. The Morgan fingerprint density at radius 2 is 1.88 bits per heavy atom. The fraction of sp³-hybridized carbons (Fsp3) is 0.167. The van der Waals surface area contributed by atoms with Crippen LogP contribution >= 0.6 is 23.2 Å². The summed E-state index contributed by atoms with van der Waals surface area (Å²) < 4.78 is 1.63. The third-order valence-electron chi connectivity index (χ3n) is 4.88. The van der Waals surface area contributed by atoms with Crippen LogP contribution in [0.15, 0.2) is 67.0 Å². The first kappa shape index (κ1) is 23.7. The van der Waals surface area contributed by atoms with Crippen molar-refractivity contribution in [2.45, 2.75) is 26.4 Å². The van der Waals surface area contributed by atoms with E-state index in [1.54, 1.807) is 41.1 Å². The van der Waals surface area contributed by atoms with Crippen molar-refractivity contribution in [2.24, 2.45) is 0 Å². The molecule has 34 heavy (non-hydrogen) atoms. The summed E-state index contributed by atoms with van der Waals surface area (Å²) in [5, 5.41) is 8.48. The molecule has 0 aliphatic rings. The molecule has 2 N–H and O–H groups in total. The lowest BCUT2D eigenvalue weighted by atomic mass is 10.1. The molecular formula is C24H22Cl2N6O2. The van der Waals surface area contributed by atoms with Crippen LogP contribution in [0.25, 0.3) is 5.82 Å². The van der Waals surface area contributed by atoms with Crippen LogP contribution in [0, 0.1) is 0 Å². The molecule has 2 aromatic heterocycles. The van der Waals surface area contributed by atoms with Crippen molar-refractivity contribution in [1.82, 2.24) is 25.2 Å². The summed E-state index contributed by atoms with van der Waals surface area (Å²) in [6, 6.07) is 16.1. The molecule has 0 radical (unpaired) electrons. The molecule has 4 aromatic rings. The van der Waals surface area contributed by atoms with Crippen LogP contribution in [0.4, 0.5) is 11.6 Å². The molecule has 4 rings (SSSR count). The van der Waals surface area contributed by atoms with Crippen LogP contribution in [0.1, 0.15) is 41.4 Å². The number of halogens is 2. The minimum absolute atomic E-state index is 0.108. The van der Waals surface area contributed by atoms with E-state index in [0.29, 0.717) is 38.6 Å². The van der Waals surface area contributed by atoms with E-state index in [4.69, 9.17) is 28.0 Å². The summed E-state index contributed by atoms with van der Waals surface area (Å²) in [5.41, 5.74) is 5.24. The molecule has 2 heterocycles. The number of rotatable bonds is 8. The molecule has 8 nitrogen and oxygen atoms in total. The topological polar surface area (TPSA) is 94.0 Å². The van der Waals surface area contributed by atoms with Crippen LogP contribution < -0.4 is 10.8 Å². The Balaban J connectivity index is 1.40. The minimum atomic E-state index is -0.330. The van der Waals surface area contributed by atoms with E-state index < -0.39 is 0 Å². The molecule has 0 aliphatic carbocycles. The van der Waals surface area contributed by atoms with Crippen LogP contribution in [-0.2, 0) is 11.4 Å². The third-order valence-corrected chi connectivity index (χ3v) is 5.50. The number of hydroxylamine groups is 1. The summed E-state index contributed by atoms with van der Waals surface area (Å²) in [6.45, 7) is 4.24.